The van der Waals surface area contributed by atoms with Crippen molar-refractivity contribution in [3.05, 3.63) is 71.1 Å². The molecule has 2 N–H and O–H groups in total. The maximum absolute atomic E-state index is 14.4. The van der Waals surface area contributed by atoms with Crippen molar-refractivity contribution in [2.75, 3.05) is 38.1 Å². The van der Waals surface area contributed by atoms with Crippen LogP contribution in [0.1, 0.15) is 67.4 Å². The van der Waals surface area contributed by atoms with Crippen LogP contribution in [0.3, 0.4) is 0 Å². The van der Waals surface area contributed by atoms with E-state index in [0.717, 1.165) is 25.8 Å². The number of fused-ring (bicyclic) bond motifs is 1. The summed E-state index contributed by atoms with van der Waals surface area (Å²) >= 11 is 0. The molecule has 0 saturated carbocycles. The van der Waals surface area contributed by atoms with Crippen LogP contribution in [-0.4, -0.2) is 86.0 Å². The summed E-state index contributed by atoms with van der Waals surface area (Å²) in [6.45, 7) is 11.0. The van der Waals surface area contributed by atoms with Gasteiger partial charge < -0.3 is 24.0 Å². The lowest BCUT2D eigenvalue weighted by Gasteiger charge is -2.36. The molecular weight excluding hydrogens is 608 g/mol. The monoisotopic (exact) mass is 656 g/mol. The average Bonchev–Trinajstić information content (AvgIpc) is 3.37. The molecule has 2 aromatic carbocycles. The zero-order valence-electron chi connectivity index (χ0n) is 27.7. The van der Waals surface area contributed by atoms with Crippen LogP contribution in [0.25, 0.3) is 0 Å². The van der Waals surface area contributed by atoms with Crippen LogP contribution in [0.2, 0.25) is 0 Å². The van der Waals surface area contributed by atoms with Crippen molar-refractivity contribution >= 4 is 21.6 Å². The highest BCUT2D eigenvalue weighted by molar-refractivity contribution is 7.92. The maximum Gasteiger partial charge on any atom is 0.267 e. The number of likely N-dealkylation sites (N-methyl/N-ethyl adjacent to an activating group) is 1. The fraction of sp³-hybridized carbons (Fsp3) is 0.529. The zero-order valence-corrected chi connectivity index (χ0v) is 28.5. The van der Waals surface area contributed by atoms with Gasteiger partial charge in [0, 0.05) is 37.8 Å². The second-order valence-electron chi connectivity index (χ2n) is 12.5. The van der Waals surface area contributed by atoms with Crippen LogP contribution in [0.4, 0.5) is 5.69 Å². The molecule has 2 heterocycles. The van der Waals surface area contributed by atoms with Crippen LogP contribution >= 0.6 is 0 Å². The highest BCUT2D eigenvalue weighted by atomic mass is 32.2. The summed E-state index contributed by atoms with van der Waals surface area (Å²) in [6, 6.07) is 14.4. The number of ether oxygens (including phenoxy) is 2. The molecule has 11 nitrogen and oxygen atoms in total. The number of amides is 1. The number of nitrogens with one attached hydrogen (secondary N) is 1. The van der Waals surface area contributed by atoms with E-state index in [1.54, 1.807) is 30.9 Å². The Morgan fingerprint density at radius 1 is 1.13 bits per heavy atom. The van der Waals surface area contributed by atoms with E-state index >= 15 is 0 Å². The van der Waals surface area contributed by atoms with Crippen LogP contribution in [0, 0.1) is 19.8 Å². The first kappa shape index (κ1) is 35.4. The van der Waals surface area contributed by atoms with E-state index in [9.17, 15) is 18.3 Å². The van der Waals surface area contributed by atoms with E-state index in [-0.39, 0.29) is 58.2 Å². The Balaban J connectivity index is 1.66. The summed E-state index contributed by atoms with van der Waals surface area (Å²) in [5, 5.41) is 14.0. The first-order chi connectivity index (χ1) is 21.9. The van der Waals surface area contributed by atoms with E-state index in [1.807, 2.05) is 25.1 Å². The Morgan fingerprint density at radius 3 is 2.54 bits per heavy atom. The number of benzene rings is 2. The third-order valence-electron chi connectivity index (χ3n) is 8.33. The Kier molecular flexibility index (Phi) is 12.2. The molecular formula is C34H48N4O7S. The Morgan fingerprint density at radius 2 is 1.87 bits per heavy atom. The van der Waals surface area contributed by atoms with E-state index in [4.69, 9.17) is 14.0 Å². The number of aliphatic hydroxyl groups excluding tert-OH is 1. The third kappa shape index (κ3) is 9.09. The first-order valence-electron chi connectivity index (χ1n) is 15.9. The van der Waals surface area contributed by atoms with Gasteiger partial charge in [-0.3, -0.25) is 14.4 Å². The Hall–Kier alpha value is -3.45. The topological polar surface area (TPSA) is 134 Å². The van der Waals surface area contributed by atoms with Gasteiger partial charge in [0.1, 0.15) is 11.4 Å². The minimum absolute atomic E-state index is 0.0450. The van der Waals surface area contributed by atoms with Gasteiger partial charge in [-0.2, -0.15) is 0 Å². The van der Waals surface area contributed by atoms with Gasteiger partial charge in [0.2, 0.25) is 0 Å². The quantitative estimate of drug-likeness (QED) is 0.326. The molecule has 252 valence electrons. The van der Waals surface area contributed by atoms with Gasteiger partial charge in [-0.25, -0.2) is 8.42 Å². The van der Waals surface area contributed by atoms with Gasteiger partial charge in [-0.05, 0) is 77.8 Å². The number of carbonyl (C=O) groups is 1. The number of hydrogen-bond acceptors (Lipinski definition) is 9. The second kappa shape index (κ2) is 15.9. The second-order valence-corrected chi connectivity index (χ2v) is 14.1. The number of aliphatic hydroxyl groups is 1. The fourth-order valence-electron chi connectivity index (χ4n) is 5.78. The normalized spacial score (nSPS) is 20.9. The Bertz CT molecular complexity index is 1530. The molecule has 4 atom stereocenters. The lowest BCUT2D eigenvalue weighted by atomic mass is 10.0. The van der Waals surface area contributed by atoms with Crippen LogP contribution in [-0.2, 0) is 21.3 Å². The molecule has 0 spiro atoms. The third-order valence-corrected chi connectivity index (χ3v) is 9.95. The number of rotatable bonds is 9. The molecule has 1 amide bonds. The van der Waals surface area contributed by atoms with Crippen molar-refractivity contribution in [3.8, 4) is 5.75 Å². The molecule has 0 radical (unpaired) electrons. The minimum atomic E-state index is -4.05. The molecule has 12 heteroatoms. The number of aromatic nitrogens is 1. The highest BCUT2D eigenvalue weighted by Crippen LogP contribution is 2.30. The molecule has 1 aromatic heterocycles. The lowest BCUT2D eigenvalue weighted by Crippen LogP contribution is -2.47. The molecule has 0 bridgehead atoms. The molecule has 3 aromatic rings. The molecule has 0 aliphatic carbocycles. The summed E-state index contributed by atoms with van der Waals surface area (Å²) in [5.74, 6) is 0.0683. The number of hydrogen-bond donors (Lipinski definition) is 2. The van der Waals surface area contributed by atoms with Crippen molar-refractivity contribution < 1.29 is 32.3 Å². The predicted molar refractivity (Wildman–Crippen MR) is 176 cm³/mol. The van der Waals surface area contributed by atoms with E-state index in [2.05, 4.69) is 40.9 Å². The highest BCUT2D eigenvalue weighted by Gasteiger charge is 2.31. The molecule has 0 unspecified atom stereocenters. The summed E-state index contributed by atoms with van der Waals surface area (Å²) in [7, 11) is -1.99. The number of nitrogens with zero attached hydrogens (tertiary/aromatic N) is 3. The summed E-state index contributed by atoms with van der Waals surface area (Å²) < 4.78 is 47.0. The summed E-state index contributed by atoms with van der Waals surface area (Å²) in [4.78, 5) is 18.2. The molecule has 4 rings (SSSR count). The SMILES string of the molecule is Cc1noc(C)c1S(=O)(=O)Nc1ccc2c(c1)C(=O)N([C@@H](C)CO)C[C@H](C)[C@H](CN(C)Cc1ccccc1)OCCCC[C@@H](C)O2. The number of aryl methyl sites for hydroxylation is 2. The molecule has 46 heavy (non-hydrogen) atoms. The number of anilines is 1. The average molecular weight is 657 g/mol. The number of sulfonamides is 1. The van der Waals surface area contributed by atoms with Crippen LogP contribution < -0.4 is 9.46 Å². The Labute approximate surface area is 272 Å². The van der Waals surface area contributed by atoms with Crippen LogP contribution in [0.5, 0.6) is 5.75 Å². The van der Waals surface area contributed by atoms with Gasteiger partial charge in [0.05, 0.1) is 30.4 Å². The van der Waals surface area contributed by atoms with Crippen molar-refractivity contribution in [1.29, 1.82) is 0 Å². The van der Waals surface area contributed by atoms with Gasteiger partial charge in [0.25, 0.3) is 15.9 Å². The molecule has 0 fully saturated rings. The smallest absolute Gasteiger partial charge is 0.267 e. The van der Waals surface area contributed by atoms with Gasteiger partial charge in [-0.15, -0.1) is 0 Å². The van der Waals surface area contributed by atoms with E-state index in [1.165, 1.54) is 18.6 Å². The standard InChI is InChI=1S/C34H48N4O7S/c1-23-19-38(24(2)22-39)34(40)30-18-29(36-46(41,42)33-26(4)35-45-27(33)5)15-16-31(30)44-25(3)12-10-11-17-43-32(23)21-37(6)20-28-13-8-7-9-14-28/h7-9,13-16,18,23-25,32,36,39H,10-12,17,19-22H2,1-6H3/t23-,24-,25+,32-/m0/s1. The molecule has 1 aliphatic heterocycles. The van der Waals surface area contributed by atoms with Gasteiger partial charge >= 0.3 is 0 Å². The summed E-state index contributed by atoms with van der Waals surface area (Å²) in [5.41, 5.74) is 1.84. The van der Waals surface area contributed by atoms with Gasteiger partial charge in [0.15, 0.2) is 10.7 Å². The predicted octanol–water partition coefficient (Wildman–Crippen LogP) is 5.02. The first-order valence-corrected chi connectivity index (χ1v) is 17.4. The summed E-state index contributed by atoms with van der Waals surface area (Å²) in [6.07, 6.45) is 2.13. The lowest BCUT2D eigenvalue weighted by molar-refractivity contribution is -0.0177. The fourth-order valence-corrected chi connectivity index (χ4v) is 7.16. The van der Waals surface area contributed by atoms with Crippen molar-refractivity contribution in [2.24, 2.45) is 5.92 Å². The van der Waals surface area contributed by atoms with Crippen LogP contribution in [0.15, 0.2) is 57.9 Å². The molecule has 0 saturated heterocycles. The zero-order chi connectivity index (χ0) is 33.4. The van der Waals surface area contributed by atoms with Crippen molar-refractivity contribution in [3.63, 3.8) is 0 Å². The molecule has 1 aliphatic rings. The van der Waals surface area contributed by atoms with E-state index in [0.29, 0.717) is 25.4 Å². The number of carbonyl (C=O) groups excluding carboxylic acids is 1. The maximum atomic E-state index is 14.4. The van der Waals surface area contributed by atoms with Crippen molar-refractivity contribution in [1.82, 2.24) is 15.0 Å². The minimum Gasteiger partial charge on any atom is -0.490 e. The van der Waals surface area contributed by atoms with E-state index < -0.39 is 16.1 Å². The van der Waals surface area contributed by atoms with Crippen molar-refractivity contribution in [2.45, 2.75) is 83.6 Å². The van der Waals surface area contributed by atoms with Gasteiger partial charge in [-0.1, -0.05) is 42.4 Å². The largest absolute Gasteiger partial charge is 0.490 e.